The summed E-state index contributed by atoms with van der Waals surface area (Å²) in [5, 5.41) is 8.26. The normalized spacial score (nSPS) is 16.6. The molecule has 1 fully saturated rings. The number of aliphatic hydroxyl groups excluding tert-OH is 1. The van der Waals surface area contributed by atoms with Gasteiger partial charge in [-0.1, -0.05) is 11.8 Å². The fourth-order valence-corrected chi connectivity index (χ4v) is 4.26. The minimum absolute atomic E-state index is 0.177. The Hall–Kier alpha value is -0.910. The molecule has 0 aliphatic carbocycles. The Balaban J connectivity index is 1.92. The number of nitrogens with one attached hydrogen (secondary N) is 1. The Morgan fingerprint density at radius 2 is 2.15 bits per heavy atom. The Kier molecular flexibility index (Phi) is 5.57. The van der Waals surface area contributed by atoms with Gasteiger partial charge in [0.1, 0.15) is 6.61 Å². The molecule has 1 aromatic heterocycles. The molecule has 7 heteroatoms. The summed E-state index contributed by atoms with van der Waals surface area (Å²) in [5.74, 6) is 5.37. The lowest BCUT2D eigenvalue weighted by molar-refractivity contribution is 0.0981. The molecule has 2 rings (SSSR count). The van der Waals surface area contributed by atoms with Crippen molar-refractivity contribution in [2.75, 3.05) is 19.8 Å². The highest BCUT2D eigenvalue weighted by molar-refractivity contribution is 7.90. The van der Waals surface area contributed by atoms with Gasteiger partial charge in [0.05, 0.1) is 10.1 Å². The summed E-state index contributed by atoms with van der Waals surface area (Å²) in [4.78, 5) is 1.72. The first-order valence-electron chi connectivity index (χ1n) is 6.36. The number of rotatable bonds is 4. The zero-order valence-electron chi connectivity index (χ0n) is 11.0. The van der Waals surface area contributed by atoms with Crippen LogP contribution in [0.15, 0.2) is 12.1 Å². The Morgan fingerprint density at radius 3 is 2.85 bits per heavy atom. The van der Waals surface area contributed by atoms with Gasteiger partial charge in [0.2, 0.25) is 10.0 Å². The summed E-state index contributed by atoms with van der Waals surface area (Å²) in [6.45, 7) is 1.12. The Labute approximate surface area is 123 Å². The lowest BCUT2D eigenvalue weighted by atomic mass is 10.2. The van der Waals surface area contributed by atoms with Crippen molar-refractivity contribution < 1.29 is 18.3 Å². The third kappa shape index (κ3) is 4.30. The molecule has 2 N–H and O–H groups in total. The van der Waals surface area contributed by atoms with Crippen LogP contribution in [0.3, 0.4) is 0 Å². The van der Waals surface area contributed by atoms with Gasteiger partial charge in [-0.3, -0.25) is 0 Å². The molecule has 0 saturated carbocycles. The van der Waals surface area contributed by atoms with E-state index >= 15 is 0 Å². The van der Waals surface area contributed by atoms with Gasteiger partial charge >= 0.3 is 0 Å². The molecule has 1 aromatic rings. The van der Waals surface area contributed by atoms with Crippen molar-refractivity contribution >= 4 is 21.4 Å². The van der Waals surface area contributed by atoms with E-state index in [-0.39, 0.29) is 18.4 Å². The second-order valence-electron chi connectivity index (χ2n) is 4.40. The highest BCUT2D eigenvalue weighted by Gasteiger charge is 2.27. The standard InChI is InChI=1S/C13H17NO4S2/c15-7-1-2-11-3-4-12(19-11)10-14-20(16,17)13-5-8-18-9-6-13/h3-4,13-15H,5-10H2. The smallest absolute Gasteiger partial charge is 0.214 e. The van der Waals surface area contributed by atoms with Crippen molar-refractivity contribution in [1.82, 2.24) is 4.72 Å². The highest BCUT2D eigenvalue weighted by atomic mass is 32.2. The molecule has 0 aromatic carbocycles. The average molecular weight is 315 g/mol. The fourth-order valence-electron chi connectivity index (χ4n) is 1.94. The monoisotopic (exact) mass is 315 g/mol. The second-order valence-corrected chi connectivity index (χ2v) is 7.62. The van der Waals surface area contributed by atoms with E-state index in [0.29, 0.717) is 26.1 Å². The molecular formula is C13H17NO4S2. The lowest BCUT2D eigenvalue weighted by Gasteiger charge is -2.22. The number of thiophene rings is 1. The second kappa shape index (κ2) is 7.20. The maximum atomic E-state index is 12.1. The van der Waals surface area contributed by atoms with Gasteiger partial charge in [-0.15, -0.1) is 11.3 Å². The number of aliphatic hydroxyl groups is 1. The van der Waals surface area contributed by atoms with E-state index in [4.69, 9.17) is 9.84 Å². The van der Waals surface area contributed by atoms with Crippen LogP contribution in [0.1, 0.15) is 22.6 Å². The summed E-state index contributed by atoms with van der Waals surface area (Å²) >= 11 is 1.42. The SMILES string of the molecule is O=S(=O)(NCc1ccc(C#CCO)s1)C1CCOCC1. The third-order valence-corrected chi connectivity index (χ3v) is 5.90. The van der Waals surface area contributed by atoms with Crippen LogP contribution in [-0.4, -0.2) is 38.6 Å². The van der Waals surface area contributed by atoms with Crippen molar-refractivity contribution in [3.8, 4) is 11.8 Å². The first kappa shape index (κ1) is 15.5. The van der Waals surface area contributed by atoms with E-state index in [1.807, 2.05) is 12.1 Å². The quantitative estimate of drug-likeness (QED) is 0.802. The van der Waals surface area contributed by atoms with E-state index < -0.39 is 10.0 Å². The number of sulfonamides is 1. The maximum Gasteiger partial charge on any atom is 0.214 e. The van der Waals surface area contributed by atoms with Gasteiger partial charge in [0, 0.05) is 24.6 Å². The van der Waals surface area contributed by atoms with Crippen molar-refractivity contribution in [2.45, 2.75) is 24.6 Å². The minimum atomic E-state index is -3.29. The Bertz CT molecular complexity index is 591. The van der Waals surface area contributed by atoms with Crippen LogP contribution in [0.5, 0.6) is 0 Å². The zero-order valence-corrected chi connectivity index (χ0v) is 12.6. The van der Waals surface area contributed by atoms with Crippen molar-refractivity contribution in [3.05, 3.63) is 21.9 Å². The van der Waals surface area contributed by atoms with E-state index in [9.17, 15) is 8.42 Å². The topological polar surface area (TPSA) is 75.6 Å². The molecule has 5 nitrogen and oxygen atoms in total. The fraction of sp³-hybridized carbons (Fsp3) is 0.538. The lowest BCUT2D eigenvalue weighted by Crippen LogP contribution is -2.37. The van der Waals surface area contributed by atoms with Crippen LogP contribution in [0.2, 0.25) is 0 Å². The zero-order chi connectivity index (χ0) is 14.4. The predicted octanol–water partition coefficient (Wildman–Crippen LogP) is 0.690. The molecule has 0 radical (unpaired) electrons. The van der Waals surface area contributed by atoms with Crippen LogP contribution >= 0.6 is 11.3 Å². The molecule has 0 bridgehead atoms. The number of ether oxygens (including phenoxy) is 1. The summed E-state index contributed by atoms with van der Waals surface area (Å²) in [6.07, 6.45) is 1.10. The van der Waals surface area contributed by atoms with Crippen molar-refractivity contribution in [3.63, 3.8) is 0 Å². The van der Waals surface area contributed by atoms with Gasteiger partial charge in [-0.05, 0) is 25.0 Å². The predicted molar refractivity (Wildman–Crippen MR) is 77.9 cm³/mol. The van der Waals surface area contributed by atoms with Crippen LogP contribution in [0, 0.1) is 11.8 Å². The average Bonchev–Trinajstić information content (AvgIpc) is 2.92. The van der Waals surface area contributed by atoms with Crippen LogP contribution < -0.4 is 4.72 Å². The molecule has 110 valence electrons. The summed E-state index contributed by atoms with van der Waals surface area (Å²) < 4.78 is 32.0. The van der Waals surface area contributed by atoms with Gasteiger partial charge < -0.3 is 9.84 Å². The minimum Gasteiger partial charge on any atom is -0.384 e. The largest absolute Gasteiger partial charge is 0.384 e. The number of hydrogen-bond acceptors (Lipinski definition) is 5. The van der Waals surface area contributed by atoms with E-state index in [1.54, 1.807) is 0 Å². The molecule has 0 atom stereocenters. The molecule has 20 heavy (non-hydrogen) atoms. The van der Waals surface area contributed by atoms with E-state index in [0.717, 1.165) is 9.75 Å². The molecule has 0 amide bonds. The molecule has 1 saturated heterocycles. The van der Waals surface area contributed by atoms with E-state index in [1.165, 1.54) is 11.3 Å². The summed E-state index contributed by atoms with van der Waals surface area (Å²) in [7, 11) is -3.29. The maximum absolute atomic E-state index is 12.1. The van der Waals surface area contributed by atoms with Gasteiger partial charge in [0.25, 0.3) is 0 Å². The van der Waals surface area contributed by atoms with Gasteiger partial charge in [0.15, 0.2) is 0 Å². The van der Waals surface area contributed by atoms with Crippen LogP contribution in [0.4, 0.5) is 0 Å². The molecule has 0 unspecified atom stereocenters. The molecule has 1 aliphatic rings. The summed E-state index contributed by atoms with van der Waals surface area (Å²) in [6, 6.07) is 3.67. The van der Waals surface area contributed by atoms with Crippen molar-refractivity contribution in [1.29, 1.82) is 0 Å². The molecule has 1 aliphatic heterocycles. The van der Waals surface area contributed by atoms with Gasteiger partial charge in [-0.25, -0.2) is 13.1 Å². The summed E-state index contributed by atoms with van der Waals surface area (Å²) in [5.41, 5.74) is 0. The molecular weight excluding hydrogens is 298 g/mol. The first-order valence-corrected chi connectivity index (χ1v) is 8.73. The molecule has 2 heterocycles. The third-order valence-electron chi connectivity index (χ3n) is 3.01. The van der Waals surface area contributed by atoms with Gasteiger partial charge in [-0.2, -0.15) is 0 Å². The van der Waals surface area contributed by atoms with Crippen molar-refractivity contribution in [2.24, 2.45) is 0 Å². The van der Waals surface area contributed by atoms with Crippen LogP contribution in [0.25, 0.3) is 0 Å². The number of hydrogen-bond donors (Lipinski definition) is 2. The Morgan fingerprint density at radius 1 is 1.40 bits per heavy atom. The highest BCUT2D eigenvalue weighted by Crippen LogP contribution is 2.18. The molecule has 0 spiro atoms. The van der Waals surface area contributed by atoms with Crippen LogP contribution in [-0.2, 0) is 21.3 Å². The van der Waals surface area contributed by atoms with E-state index in [2.05, 4.69) is 16.6 Å². The first-order chi connectivity index (χ1) is 9.62.